The molecule has 1 saturated heterocycles. The molecule has 0 aromatic heterocycles. The van der Waals surface area contributed by atoms with Gasteiger partial charge in [0.05, 0.1) is 10.6 Å². The van der Waals surface area contributed by atoms with Gasteiger partial charge in [-0.15, -0.1) is 0 Å². The van der Waals surface area contributed by atoms with Gasteiger partial charge in [-0.25, -0.2) is 0 Å². The molecule has 2 rings (SSSR count). The molecule has 1 aliphatic rings. The number of carbonyl (C=O) groups is 2. The average molecular weight is 375 g/mol. The van der Waals surface area contributed by atoms with Crippen molar-refractivity contribution in [3.63, 3.8) is 0 Å². The number of rotatable bonds is 4. The minimum atomic E-state index is -0.754. The fourth-order valence-electron chi connectivity index (χ4n) is 2.59. The molecule has 1 aliphatic heterocycles. The van der Waals surface area contributed by atoms with Gasteiger partial charge in [0.1, 0.15) is 0 Å². The van der Waals surface area contributed by atoms with Gasteiger partial charge in [0.25, 0.3) is 5.91 Å². The Labute approximate surface area is 137 Å². The van der Waals surface area contributed by atoms with Gasteiger partial charge in [0.2, 0.25) is 0 Å². The number of halogens is 2. The topological polar surface area (TPSA) is 57.6 Å². The van der Waals surface area contributed by atoms with Crippen molar-refractivity contribution >= 4 is 39.4 Å². The summed E-state index contributed by atoms with van der Waals surface area (Å²) in [6.07, 6.45) is 2.61. The molecule has 1 fully saturated rings. The van der Waals surface area contributed by atoms with E-state index < -0.39 is 5.97 Å². The van der Waals surface area contributed by atoms with Gasteiger partial charge in [-0.05, 0) is 43.4 Å². The third kappa shape index (κ3) is 4.45. The predicted molar refractivity (Wildman–Crippen MR) is 84.6 cm³/mol. The molecule has 0 aliphatic carbocycles. The maximum Gasteiger partial charge on any atom is 0.303 e. The number of benzene rings is 1. The molecule has 1 aromatic carbocycles. The van der Waals surface area contributed by atoms with Crippen molar-refractivity contribution in [2.24, 2.45) is 5.92 Å². The van der Waals surface area contributed by atoms with E-state index in [9.17, 15) is 9.59 Å². The normalized spacial score (nSPS) is 16.0. The van der Waals surface area contributed by atoms with E-state index >= 15 is 0 Å². The van der Waals surface area contributed by atoms with Gasteiger partial charge in [0.15, 0.2) is 0 Å². The summed E-state index contributed by atoms with van der Waals surface area (Å²) < 4.78 is 0.844. The Kier molecular flexibility index (Phi) is 5.65. The first-order valence-corrected chi connectivity index (χ1v) is 8.10. The number of nitrogens with zero attached hydrogens (tertiary/aromatic N) is 1. The van der Waals surface area contributed by atoms with E-state index in [0.717, 1.165) is 17.3 Å². The zero-order valence-corrected chi connectivity index (χ0v) is 13.9. The Morgan fingerprint density at radius 3 is 2.57 bits per heavy atom. The lowest BCUT2D eigenvalue weighted by molar-refractivity contribution is -0.137. The van der Waals surface area contributed by atoms with Crippen molar-refractivity contribution in [2.75, 3.05) is 13.1 Å². The number of carbonyl (C=O) groups excluding carboxylic acids is 1. The number of piperidine rings is 1. The first kappa shape index (κ1) is 16.3. The average Bonchev–Trinajstić information content (AvgIpc) is 2.45. The lowest BCUT2D eigenvalue weighted by atomic mass is 9.92. The maximum atomic E-state index is 12.4. The van der Waals surface area contributed by atoms with E-state index in [0.29, 0.717) is 36.0 Å². The fourth-order valence-corrected chi connectivity index (χ4v) is 3.34. The Morgan fingerprint density at radius 2 is 2.00 bits per heavy atom. The molecule has 4 nitrogen and oxygen atoms in total. The lowest BCUT2D eigenvalue weighted by Crippen LogP contribution is -2.38. The van der Waals surface area contributed by atoms with E-state index in [1.165, 1.54) is 0 Å². The van der Waals surface area contributed by atoms with Crippen molar-refractivity contribution < 1.29 is 14.7 Å². The molecule has 0 spiro atoms. The Bertz CT molecular complexity index is 542. The van der Waals surface area contributed by atoms with Crippen LogP contribution in [-0.4, -0.2) is 35.0 Å². The summed E-state index contributed by atoms with van der Waals surface area (Å²) in [5.74, 6) is -0.412. The van der Waals surface area contributed by atoms with Gasteiger partial charge in [-0.1, -0.05) is 27.5 Å². The first-order valence-electron chi connectivity index (χ1n) is 6.93. The van der Waals surface area contributed by atoms with Crippen LogP contribution < -0.4 is 0 Å². The van der Waals surface area contributed by atoms with Crippen LogP contribution in [0.1, 0.15) is 36.0 Å². The number of hydrogen-bond donors (Lipinski definition) is 1. The third-order valence-corrected chi connectivity index (χ3v) is 4.64. The van der Waals surface area contributed by atoms with E-state index in [1.807, 2.05) is 0 Å². The van der Waals surface area contributed by atoms with Gasteiger partial charge >= 0.3 is 5.97 Å². The number of amides is 1. The van der Waals surface area contributed by atoms with Crippen LogP contribution in [0.25, 0.3) is 0 Å². The molecule has 21 heavy (non-hydrogen) atoms. The molecule has 1 aromatic rings. The van der Waals surface area contributed by atoms with E-state index in [2.05, 4.69) is 15.9 Å². The number of carboxylic acids is 1. The molecule has 1 N–H and O–H groups in total. The van der Waals surface area contributed by atoms with Crippen molar-refractivity contribution in [2.45, 2.75) is 25.7 Å². The Morgan fingerprint density at radius 1 is 1.33 bits per heavy atom. The predicted octanol–water partition coefficient (Wildman–Crippen LogP) is 3.82. The molecule has 114 valence electrons. The number of hydrogen-bond acceptors (Lipinski definition) is 2. The summed E-state index contributed by atoms with van der Waals surface area (Å²) in [6.45, 7) is 1.32. The highest BCUT2D eigenvalue weighted by Gasteiger charge is 2.25. The highest BCUT2D eigenvalue weighted by Crippen LogP contribution is 2.26. The first-order chi connectivity index (χ1) is 9.97. The van der Waals surface area contributed by atoms with Crippen molar-refractivity contribution in [3.8, 4) is 0 Å². The van der Waals surface area contributed by atoms with Crippen LogP contribution in [0.2, 0.25) is 5.02 Å². The molecule has 0 bridgehead atoms. The highest BCUT2D eigenvalue weighted by molar-refractivity contribution is 9.10. The molecular formula is C15H17BrClNO3. The number of aliphatic carboxylic acids is 1. The van der Waals surface area contributed by atoms with Gasteiger partial charge in [-0.2, -0.15) is 0 Å². The zero-order chi connectivity index (χ0) is 15.4. The van der Waals surface area contributed by atoms with E-state index in [4.69, 9.17) is 16.7 Å². The van der Waals surface area contributed by atoms with Crippen LogP contribution in [-0.2, 0) is 4.79 Å². The van der Waals surface area contributed by atoms with Crippen molar-refractivity contribution in [1.82, 2.24) is 4.90 Å². The monoisotopic (exact) mass is 373 g/mol. The van der Waals surface area contributed by atoms with Crippen LogP contribution in [0, 0.1) is 5.92 Å². The molecular weight excluding hydrogens is 358 g/mol. The van der Waals surface area contributed by atoms with Crippen molar-refractivity contribution in [1.29, 1.82) is 0 Å². The second-order valence-corrected chi connectivity index (χ2v) is 6.62. The Balaban J connectivity index is 1.92. The quantitative estimate of drug-likeness (QED) is 0.871. The Hall–Kier alpha value is -1.07. The van der Waals surface area contributed by atoms with Gasteiger partial charge in [-0.3, -0.25) is 9.59 Å². The van der Waals surface area contributed by atoms with Crippen LogP contribution in [0.5, 0.6) is 0 Å². The lowest BCUT2D eigenvalue weighted by Gasteiger charge is -2.32. The summed E-state index contributed by atoms with van der Waals surface area (Å²) in [6, 6.07) is 5.25. The third-order valence-electron chi connectivity index (χ3n) is 3.83. The highest BCUT2D eigenvalue weighted by atomic mass is 79.9. The van der Waals surface area contributed by atoms with E-state index in [-0.39, 0.29) is 12.3 Å². The standard InChI is InChI=1S/C15H17BrClNO3/c16-11-2-3-12(13(17)9-11)15(21)18-7-5-10(6-8-18)1-4-14(19)20/h2-3,9-10H,1,4-8H2,(H,19,20). The minimum Gasteiger partial charge on any atom is -0.481 e. The SMILES string of the molecule is O=C(O)CCC1CCN(C(=O)c2ccc(Br)cc2Cl)CC1. The summed E-state index contributed by atoms with van der Waals surface area (Å²) >= 11 is 9.43. The summed E-state index contributed by atoms with van der Waals surface area (Å²) in [4.78, 5) is 24.8. The van der Waals surface area contributed by atoms with Crippen LogP contribution in [0.4, 0.5) is 0 Å². The van der Waals surface area contributed by atoms with Crippen molar-refractivity contribution in [3.05, 3.63) is 33.3 Å². The summed E-state index contributed by atoms with van der Waals surface area (Å²) in [7, 11) is 0. The fraction of sp³-hybridized carbons (Fsp3) is 0.467. The molecule has 1 heterocycles. The molecule has 0 atom stereocenters. The number of carboxylic acid groups (broad SMARTS) is 1. The van der Waals surface area contributed by atoms with Gasteiger partial charge < -0.3 is 10.0 Å². The molecule has 6 heteroatoms. The largest absolute Gasteiger partial charge is 0.481 e. The molecule has 0 radical (unpaired) electrons. The molecule has 0 unspecified atom stereocenters. The van der Waals surface area contributed by atoms with Crippen LogP contribution in [0.15, 0.2) is 22.7 Å². The summed E-state index contributed by atoms with van der Waals surface area (Å²) in [5, 5.41) is 9.15. The molecule has 0 saturated carbocycles. The minimum absolute atomic E-state index is 0.0517. The second-order valence-electron chi connectivity index (χ2n) is 5.29. The molecule has 1 amide bonds. The zero-order valence-electron chi connectivity index (χ0n) is 11.5. The smallest absolute Gasteiger partial charge is 0.303 e. The van der Waals surface area contributed by atoms with Crippen LogP contribution in [0.3, 0.4) is 0 Å². The maximum absolute atomic E-state index is 12.4. The summed E-state index contributed by atoms with van der Waals surface area (Å²) in [5.41, 5.74) is 0.517. The second kappa shape index (κ2) is 7.27. The van der Waals surface area contributed by atoms with Gasteiger partial charge in [0, 0.05) is 24.0 Å². The van der Waals surface area contributed by atoms with E-state index in [1.54, 1.807) is 23.1 Å². The number of likely N-dealkylation sites (tertiary alicyclic amines) is 1. The van der Waals surface area contributed by atoms with Crippen LogP contribution >= 0.6 is 27.5 Å².